The average Bonchev–Trinajstić information content (AvgIpc) is 2.48. The Bertz CT molecular complexity index is 163. The molecule has 0 aliphatic carbocycles. The van der Waals surface area contributed by atoms with Crippen LogP contribution in [-0.4, -0.2) is 36.3 Å². The molecule has 1 aliphatic heterocycles. The first-order valence-electron chi connectivity index (χ1n) is 5.15. The molecular weight excluding hydrogens is 184 g/mol. The van der Waals surface area contributed by atoms with Crippen LogP contribution in [0.2, 0.25) is 0 Å². The number of likely N-dealkylation sites (tertiary alicyclic amines) is 1. The fraction of sp³-hybridized carbons (Fsp3) is 1.00. The third-order valence-electron chi connectivity index (χ3n) is 2.70. The lowest BCUT2D eigenvalue weighted by molar-refractivity contribution is -0.897. The van der Waals surface area contributed by atoms with Crippen LogP contribution in [0.4, 0.5) is 0 Å². The summed E-state index contributed by atoms with van der Waals surface area (Å²) in [7, 11) is 2.41. The maximum absolute atomic E-state index is 8.25. The Labute approximate surface area is 85.0 Å². The third-order valence-corrected chi connectivity index (χ3v) is 2.70. The van der Waals surface area contributed by atoms with E-state index in [1.165, 1.54) is 49.8 Å². The zero-order chi connectivity index (χ0) is 11.0. The lowest BCUT2D eigenvalue weighted by Gasteiger charge is -2.28. The van der Waals surface area contributed by atoms with Gasteiger partial charge in [0.1, 0.15) is 0 Å². The molecule has 5 heteroatoms. The highest BCUT2D eigenvalue weighted by Gasteiger charge is 2.25. The van der Waals surface area contributed by atoms with Gasteiger partial charge in [-0.1, -0.05) is 13.3 Å². The summed E-state index contributed by atoms with van der Waals surface area (Å²) in [5.74, 6) is 0. The molecule has 0 bridgehead atoms. The first-order chi connectivity index (χ1) is 6.50. The SMILES string of the molecule is CCCC[N+]1(C)CCCC1.O=[N+]([O-])[O-]. The summed E-state index contributed by atoms with van der Waals surface area (Å²) in [5.41, 5.74) is 0. The summed E-state index contributed by atoms with van der Waals surface area (Å²) in [6, 6.07) is 0. The van der Waals surface area contributed by atoms with Crippen molar-refractivity contribution in [3.8, 4) is 0 Å². The van der Waals surface area contributed by atoms with Crippen molar-refractivity contribution in [2.75, 3.05) is 26.7 Å². The fourth-order valence-corrected chi connectivity index (χ4v) is 1.86. The van der Waals surface area contributed by atoms with Gasteiger partial charge in [0.05, 0.1) is 31.8 Å². The summed E-state index contributed by atoms with van der Waals surface area (Å²) >= 11 is 0. The summed E-state index contributed by atoms with van der Waals surface area (Å²) in [5, 5.41) is 14.8. The largest absolute Gasteiger partial charge is 0.356 e. The van der Waals surface area contributed by atoms with Crippen LogP contribution >= 0.6 is 0 Å². The summed E-state index contributed by atoms with van der Waals surface area (Å²) in [6.45, 7) is 6.55. The Kier molecular flexibility index (Phi) is 6.19. The average molecular weight is 204 g/mol. The standard InChI is InChI=1S/C9H20N.NO3/c1-3-4-7-10(2)8-5-6-9-10;2-1(3)4/h3-9H2,1-2H3;/q+1;-1. The van der Waals surface area contributed by atoms with Crippen molar-refractivity contribution < 1.29 is 9.57 Å². The molecule has 84 valence electrons. The van der Waals surface area contributed by atoms with E-state index < -0.39 is 5.09 Å². The van der Waals surface area contributed by atoms with Gasteiger partial charge in [-0.25, -0.2) is 0 Å². The van der Waals surface area contributed by atoms with Crippen molar-refractivity contribution in [3.05, 3.63) is 15.3 Å². The number of rotatable bonds is 3. The van der Waals surface area contributed by atoms with Gasteiger partial charge in [0.15, 0.2) is 0 Å². The number of hydrogen-bond donors (Lipinski definition) is 0. The van der Waals surface area contributed by atoms with Crippen LogP contribution in [-0.2, 0) is 0 Å². The number of nitrogens with zero attached hydrogens (tertiary/aromatic N) is 2. The lowest BCUT2D eigenvalue weighted by Crippen LogP contribution is -2.41. The molecule has 0 saturated carbocycles. The van der Waals surface area contributed by atoms with E-state index in [1.807, 2.05) is 0 Å². The zero-order valence-corrected chi connectivity index (χ0v) is 9.07. The number of unbranched alkanes of at least 4 members (excludes halogenated alkanes) is 1. The van der Waals surface area contributed by atoms with Crippen molar-refractivity contribution in [2.45, 2.75) is 32.6 Å². The van der Waals surface area contributed by atoms with E-state index in [1.54, 1.807) is 0 Å². The van der Waals surface area contributed by atoms with Crippen LogP contribution in [0.5, 0.6) is 0 Å². The first kappa shape index (κ1) is 13.2. The van der Waals surface area contributed by atoms with E-state index >= 15 is 0 Å². The molecule has 0 radical (unpaired) electrons. The summed E-state index contributed by atoms with van der Waals surface area (Å²) < 4.78 is 1.36. The van der Waals surface area contributed by atoms with Gasteiger partial charge in [-0.2, -0.15) is 0 Å². The highest BCUT2D eigenvalue weighted by Crippen LogP contribution is 2.16. The molecule has 0 spiro atoms. The van der Waals surface area contributed by atoms with Crippen molar-refractivity contribution in [1.29, 1.82) is 0 Å². The van der Waals surface area contributed by atoms with Crippen LogP contribution in [0.3, 0.4) is 0 Å². The molecule has 1 heterocycles. The molecule has 1 aliphatic rings. The second-order valence-corrected chi connectivity index (χ2v) is 4.07. The Morgan fingerprint density at radius 3 is 2.07 bits per heavy atom. The fourth-order valence-electron chi connectivity index (χ4n) is 1.86. The molecule has 0 aromatic carbocycles. The monoisotopic (exact) mass is 204 g/mol. The van der Waals surface area contributed by atoms with Crippen LogP contribution in [0.25, 0.3) is 0 Å². The molecule has 0 N–H and O–H groups in total. The molecule has 1 rings (SSSR count). The first-order valence-corrected chi connectivity index (χ1v) is 5.15. The van der Waals surface area contributed by atoms with Crippen molar-refractivity contribution in [3.63, 3.8) is 0 Å². The van der Waals surface area contributed by atoms with E-state index in [0.717, 1.165) is 0 Å². The van der Waals surface area contributed by atoms with Gasteiger partial charge < -0.3 is 19.8 Å². The summed E-state index contributed by atoms with van der Waals surface area (Å²) in [6.07, 6.45) is 5.69. The minimum Gasteiger partial charge on any atom is -0.356 e. The zero-order valence-electron chi connectivity index (χ0n) is 9.07. The number of quaternary nitrogens is 1. The molecule has 0 unspecified atom stereocenters. The maximum atomic E-state index is 8.25. The van der Waals surface area contributed by atoms with E-state index in [0.29, 0.717) is 0 Å². The smallest absolute Gasteiger partial charge is 0.0786 e. The van der Waals surface area contributed by atoms with Crippen LogP contribution < -0.4 is 0 Å². The third kappa shape index (κ3) is 6.65. The van der Waals surface area contributed by atoms with Crippen molar-refractivity contribution >= 4 is 0 Å². The van der Waals surface area contributed by atoms with Crippen molar-refractivity contribution in [2.24, 2.45) is 0 Å². The minimum absolute atomic E-state index is 1.36. The van der Waals surface area contributed by atoms with Gasteiger partial charge in [-0.15, -0.1) is 0 Å². The van der Waals surface area contributed by atoms with Gasteiger partial charge in [0.25, 0.3) is 0 Å². The van der Waals surface area contributed by atoms with Crippen molar-refractivity contribution in [1.82, 2.24) is 0 Å². The maximum Gasteiger partial charge on any atom is 0.0786 e. The lowest BCUT2D eigenvalue weighted by atomic mass is 10.3. The van der Waals surface area contributed by atoms with E-state index in [4.69, 9.17) is 15.3 Å². The van der Waals surface area contributed by atoms with Crippen LogP contribution in [0, 0.1) is 15.3 Å². The Morgan fingerprint density at radius 2 is 1.71 bits per heavy atom. The number of hydrogen-bond acceptors (Lipinski definition) is 3. The molecule has 0 amide bonds. The molecular formula is C9H20N2O3. The summed E-state index contributed by atoms with van der Waals surface area (Å²) in [4.78, 5) is 8.25. The highest BCUT2D eigenvalue weighted by atomic mass is 16.9. The predicted molar refractivity (Wildman–Crippen MR) is 55.3 cm³/mol. The normalized spacial score (nSPS) is 18.4. The molecule has 5 nitrogen and oxygen atoms in total. The topological polar surface area (TPSA) is 66.2 Å². The Hall–Kier alpha value is -0.840. The Morgan fingerprint density at radius 1 is 1.29 bits per heavy atom. The minimum atomic E-state index is -1.75. The molecule has 0 atom stereocenters. The molecule has 14 heavy (non-hydrogen) atoms. The van der Waals surface area contributed by atoms with Gasteiger partial charge >= 0.3 is 0 Å². The van der Waals surface area contributed by atoms with E-state index in [2.05, 4.69) is 14.0 Å². The molecule has 1 fully saturated rings. The molecule has 0 aromatic heterocycles. The van der Waals surface area contributed by atoms with Gasteiger partial charge in [0, 0.05) is 12.8 Å². The van der Waals surface area contributed by atoms with Crippen LogP contribution in [0.1, 0.15) is 32.6 Å². The molecule has 0 aromatic rings. The van der Waals surface area contributed by atoms with E-state index in [-0.39, 0.29) is 0 Å². The van der Waals surface area contributed by atoms with Gasteiger partial charge in [-0.05, 0) is 6.42 Å². The van der Waals surface area contributed by atoms with Crippen LogP contribution in [0.15, 0.2) is 0 Å². The predicted octanol–water partition coefficient (Wildman–Crippen LogP) is 1.79. The quantitative estimate of drug-likeness (QED) is 0.400. The van der Waals surface area contributed by atoms with Gasteiger partial charge in [0.2, 0.25) is 0 Å². The second-order valence-electron chi connectivity index (χ2n) is 4.07. The van der Waals surface area contributed by atoms with Gasteiger partial charge in [-0.3, -0.25) is 0 Å². The Balaban J connectivity index is 0.000000364. The van der Waals surface area contributed by atoms with E-state index in [9.17, 15) is 0 Å². The molecule has 1 saturated heterocycles. The highest BCUT2D eigenvalue weighted by molar-refractivity contribution is 4.51. The second kappa shape index (κ2) is 6.59.